The molecule has 6 nitrogen and oxygen atoms in total. The van der Waals surface area contributed by atoms with Crippen molar-refractivity contribution >= 4 is 35.0 Å². The summed E-state index contributed by atoms with van der Waals surface area (Å²) in [7, 11) is 0. The van der Waals surface area contributed by atoms with Gasteiger partial charge in [0.2, 0.25) is 5.91 Å². The summed E-state index contributed by atoms with van der Waals surface area (Å²) in [4.78, 5) is 26.0. The van der Waals surface area contributed by atoms with Crippen LogP contribution in [-0.2, 0) is 17.4 Å². The van der Waals surface area contributed by atoms with Gasteiger partial charge in [-0.15, -0.1) is 0 Å². The average Bonchev–Trinajstić information content (AvgIpc) is 3.66. The van der Waals surface area contributed by atoms with Crippen LogP contribution in [0.5, 0.6) is 5.75 Å². The summed E-state index contributed by atoms with van der Waals surface area (Å²) >= 11 is 12.0. The molecule has 38 heavy (non-hydrogen) atoms. The Labute approximate surface area is 226 Å². The van der Waals surface area contributed by atoms with Crippen molar-refractivity contribution in [3.8, 4) is 22.9 Å². The van der Waals surface area contributed by atoms with Crippen molar-refractivity contribution in [3.05, 3.63) is 87.4 Å². The molecule has 2 amide bonds. The van der Waals surface area contributed by atoms with Gasteiger partial charge in [0.15, 0.2) is 5.75 Å². The van der Waals surface area contributed by atoms with E-state index in [9.17, 15) is 33.1 Å². The van der Waals surface area contributed by atoms with Gasteiger partial charge in [0.25, 0.3) is 5.91 Å². The maximum absolute atomic E-state index is 13.0. The predicted octanol–water partition coefficient (Wildman–Crippen LogP) is 5.90. The Morgan fingerprint density at radius 3 is 2.00 bits per heavy atom. The van der Waals surface area contributed by atoms with Gasteiger partial charge in [0.05, 0.1) is 21.7 Å². The number of hydrogen-bond donors (Lipinski definition) is 3. The van der Waals surface area contributed by atoms with Gasteiger partial charge >= 0.3 is 6.18 Å². The normalized spacial score (nSPS) is 14.7. The average molecular weight is 562 g/mol. The highest BCUT2D eigenvalue weighted by Crippen LogP contribution is 2.35. The van der Waals surface area contributed by atoms with Crippen LogP contribution in [0, 0.1) is 11.3 Å². The zero-order chi connectivity index (χ0) is 27.7. The molecule has 3 aromatic carbocycles. The van der Waals surface area contributed by atoms with Crippen LogP contribution in [-0.4, -0.2) is 28.5 Å². The molecule has 1 aliphatic rings. The fourth-order valence-electron chi connectivity index (χ4n) is 3.80. The number of hydrogen-bond acceptors (Lipinski definition) is 4. The van der Waals surface area contributed by atoms with E-state index in [2.05, 4.69) is 16.7 Å². The summed E-state index contributed by atoms with van der Waals surface area (Å²) in [5.74, 6) is -1.46. The number of carbonyl (C=O) groups excluding carboxylic acids is 2. The molecule has 1 fully saturated rings. The number of alkyl halides is 3. The molecule has 0 bridgehead atoms. The largest absolute Gasteiger partial charge is 0.505 e. The Hall–Kier alpha value is -3.74. The van der Waals surface area contributed by atoms with E-state index in [1.165, 1.54) is 36.4 Å². The minimum atomic E-state index is -4.44. The number of phenols is 1. The van der Waals surface area contributed by atoms with Crippen LogP contribution in [0.2, 0.25) is 10.0 Å². The Morgan fingerprint density at radius 1 is 1.00 bits per heavy atom. The summed E-state index contributed by atoms with van der Waals surface area (Å²) < 4.78 is 38.5. The van der Waals surface area contributed by atoms with E-state index in [0.717, 1.165) is 12.1 Å². The van der Waals surface area contributed by atoms with Gasteiger partial charge < -0.3 is 15.7 Å². The van der Waals surface area contributed by atoms with Crippen molar-refractivity contribution in [1.29, 1.82) is 5.26 Å². The van der Waals surface area contributed by atoms with Crippen molar-refractivity contribution in [1.82, 2.24) is 10.6 Å². The van der Waals surface area contributed by atoms with Crippen LogP contribution in [0.15, 0.2) is 60.7 Å². The van der Waals surface area contributed by atoms with Crippen LogP contribution in [0.25, 0.3) is 11.1 Å². The monoisotopic (exact) mass is 561 g/mol. The highest BCUT2D eigenvalue weighted by molar-refractivity contribution is 6.37. The Bertz CT molecular complexity index is 1390. The molecule has 11 heteroatoms. The summed E-state index contributed by atoms with van der Waals surface area (Å²) in [6.07, 6.45) is -3.47. The zero-order valence-corrected chi connectivity index (χ0v) is 21.1. The first-order chi connectivity index (χ1) is 17.9. The van der Waals surface area contributed by atoms with E-state index >= 15 is 0 Å². The van der Waals surface area contributed by atoms with Crippen LogP contribution in [0.3, 0.4) is 0 Å². The lowest BCUT2D eigenvalue weighted by molar-refractivity contribution is -0.137. The van der Waals surface area contributed by atoms with Crippen molar-refractivity contribution < 1.29 is 27.9 Å². The van der Waals surface area contributed by atoms with Crippen LogP contribution < -0.4 is 10.6 Å². The first kappa shape index (κ1) is 27.3. The molecule has 4 rings (SSSR count). The third-order valence-corrected chi connectivity index (χ3v) is 6.73. The number of carbonyl (C=O) groups is 2. The number of phenolic OH excluding ortho intramolecular Hbond substituents is 1. The third-order valence-electron chi connectivity index (χ3n) is 6.16. The van der Waals surface area contributed by atoms with E-state index in [4.69, 9.17) is 23.2 Å². The van der Waals surface area contributed by atoms with Crippen molar-refractivity contribution in [2.24, 2.45) is 0 Å². The summed E-state index contributed by atoms with van der Waals surface area (Å²) in [5, 5.41) is 24.4. The highest BCUT2D eigenvalue weighted by Gasteiger charge is 2.45. The number of benzene rings is 3. The molecular weight excluding hydrogens is 542 g/mol. The number of nitrogens with zero attached hydrogens (tertiary/aromatic N) is 1. The van der Waals surface area contributed by atoms with Gasteiger partial charge in [-0.1, -0.05) is 47.5 Å². The summed E-state index contributed by atoms with van der Waals surface area (Å²) in [6.45, 7) is 0. The molecule has 0 aliphatic heterocycles. The molecule has 0 spiro atoms. The Balaban J connectivity index is 1.52. The molecule has 3 aromatic rings. The molecule has 196 valence electrons. The number of nitrogens with one attached hydrogen (secondary N) is 2. The second kappa shape index (κ2) is 10.6. The fourth-order valence-corrected chi connectivity index (χ4v) is 4.33. The number of nitriles is 1. The van der Waals surface area contributed by atoms with Crippen LogP contribution >= 0.6 is 23.2 Å². The fraction of sp³-hybridized carbons (Fsp3) is 0.222. The van der Waals surface area contributed by atoms with Crippen LogP contribution in [0.1, 0.15) is 34.3 Å². The second-order valence-electron chi connectivity index (χ2n) is 8.97. The van der Waals surface area contributed by atoms with Gasteiger partial charge in [-0.25, -0.2) is 0 Å². The van der Waals surface area contributed by atoms with E-state index in [1.54, 1.807) is 12.1 Å². The lowest BCUT2D eigenvalue weighted by Crippen LogP contribution is -2.51. The first-order valence-electron chi connectivity index (χ1n) is 11.4. The van der Waals surface area contributed by atoms with Gasteiger partial charge in [-0.3, -0.25) is 9.59 Å². The minimum absolute atomic E-state index is 0.0208. The molecule has 1 atom stereocenters. The Morgan fingerprint density at radius 2 is 1.53 bits per heavy atom. The van der Waals surface area contributed by atoms with Gasteiger partial charge in [0.1, 0.15) is 11.6 Å². The maximum atomic E-state index is 13.0. The van der Waals surface area contributed by atoms with Crippen molar-refractivity contribution in [3.63, 3.8) is 0 Å². The SMILES string of the molecule is N#CC1(NC(=O)[C@H](Cc2cc(Cl)c(O)c(Cl)c2)NC(=O)c2ccc(-c3ccc(C(F)(F)F)cc3)cc2)CC1. The number of amides is 2. The number of aromatic hydroxyl groups is 1. The quantitative estimate of drug-likeness (QED) is 0.334. The van der Waals surface area contributed by atoms with E-state index in [1.807, 2.05) is 0 Å². The van der Waals surface area contributed by atoms with Gasteiger partial charge in [0, 0.05) is 12.0 Å². The smallest absolute Gasteiger partial charge is 0.416 e. The third kappa shape index (κ3) is 6.21. The topological polar surface area (TPSA) is 102 Å². The molecule has 1 aliphatic carbocycles. The lowest BCUT2D eigenvalue weighted by atomic mass is 10.0. The number of halogens is 5. The lowest BCUT2D eigenvalue weighted by Gasteiger charge is -2.21. The zero-order valence-electron chi connectivity index (χ0n) is 19.6. The first-order valence-corrected chi connectivity index (χ1v) is 12.1. The van der Waals surface area contributed by atoms with E-state index in [-0.39, 0.29) is 27.8 Å². The molecule has 0 aromatic heterocycles. The molecule has 0 heterocycles. The standard InChI is InChI=1S/C27H20Cl2F3N3O3/c28-20-11-15(12-21(29)23(20)36)13-22(25(38)35-26(14-33)9-10-26)34-24(37)18-3-1-16(2-4-18)17-5-7-19(8-6-17)27(30,31)32/h1-8,11-12,22,36H,9-10,13H2,(H,34,37)(H,35,38)/t22-/m0/s1. The van der Waals surface area contributed by atoms with E-state index in [0.29, 0.717) is 29.5 Å². The molecule has 0 saturated heterocycles. The van der Waals surface area contributed by atoms with E-state index < -0.39 is 35.1 Å². The molecule has 1 saturated carbocycles. The van der Waals surface area contributed by atoms with Crippen LogP contribution in [0.4, 0.5) is 13.2 Å². The van der Waals surface area contributed by atoms with Gasteiger partial charge in [-0.2, -0.15) is 18.4 Å². The molecular formula is C27H20Cl2F3N3O3. The Kier molecular flexibility index (Phi) is 7.58. The van der Waals surface area contributed by atoms with Gasteiger partial charge in [-0.05, 0) is 65.9 Å². The van der Waals surface area contributed by atoms with Crippen molar-refractivity contribution in [2.45, 2.75) is 37.0 Å². The minimum Gasteiger partial charge on any atom is -0.505 e. The second-order valence-corrected chi connectivity index (χ2v) is 9.79. The summed E-state index contributed by atoms with van der Waals surface area (Å²) in [6, 6.07) is 14.6. The molecule has 0 radical (unpaired) electrons. The number of rotatable bonds is 7. The maximum Gasteiger partial charge on any atom is 0.416 e. The molecule has 0 unspecified atom stereocenters. The molecule has 3 N–H and O–H groups in total. The summed E-state index contributed by atoms with van der Waals surface area (Å²) in [5.41, 5.74) is 0.0897. The van der Waals surface area contributed by atoms with Crippen molar-refractivity contribution in [2.75, 3.05) is 0 Å². The predicted molar refractivity (Wildman–Crippen MR) is 136 cm³/mol. The highest BCUT2D eigenvalue weighted by atomic mass is 35.5.